The van der Waals surface area contributed by atoms with Crippen LogP contribution in [0.15, 0.2) is 0 Å². The van der Waals surface area contributed by atoms with Gasteiger partial charge < -0.3 is 0 Å². The highest BCUT2D eigenvalue weighted by Gasteiger charge is 2.76. The van der Waals surface area contributed by atoms with Crippen LogP contribution >= 0.6 is 0 Å². The van der Waals surface area contributed by atoms with Crippen molar-refractivity contribution in [3.05, 3.63) is 0 Å². The van der Waals surface area contributed by atoms with Crippen LogP contribution in [0.25, 0.3) is 0 Å². The summed E-state index contributed by atoms with van der Waals surface area (Å²) in [6, 6.07) is -4.34. The largest absolute Gasteiger partial charge is 0.464 e. The van der Waals surface area contributed by atoms with Crippen molar-refractivity contribution in [1.82, 2.24) is 0 Å². The van der Waals surface area contributed by atoms with E-state index in [-0.39, 0.29) is 0 Å². The van der Waals surface area contributed by atoms with E-state index < -0.39 is 39.7 Å². The maximum absolute atomic E-state index is 12.6. The van der Waals surface area contributed by atoms with E-state index in [0.717, 1.165) is 0 Å². The molecule has 0 aromatic heterocycles. The Morgan fingerprint density at radius 1 is 0.900 bits per heavy atom. The van der Waals surface area contributed by atoms with Gasteiger partial charge in [0.15, 0.2) is 0 Å². The van der Waals surface area contributed by atoms with Gasteiger partial charge in [0.25, 0.3) is 0 Å². The number of ether oxygens (including phenoxy) is 1. The molecular formula is C5F10O4S. The van der Waals surface area contributed by atoms with Crippen LogP contribution in [0.5, 0.6) is 0 Å². The molecule has 0 fully saturated rings. The number of alkyl halides is 8. The number of halogens is 10. The van der Waals surface area contributed by atoms with E-state index in [9.17, 15) is 56.6 Å². The van der Waals surface area contributed by atoms with E-state index in [2.05, 4.69) is 0 Å². The van der Waals surface area contributed by atoms with E-state index in [0.29, 0.717) is 0 Å². The molecule has 0 bridgehead atoms. The topological polar surface area (TPSA) is 60.4 Å². The van der Waals surface area contributed by atoms with Crippen LogP contribution in [0.4, 0.5) is 43.4 Å². The second-order valence-corrected chi connectivity index (χ2v) is 4.33. The van der Waals surface area contributed by atoms with Crippen LogP contribution < -0.4 is 0 Å². The Morgan fingerprint density at radius 3 is 1.45 bits per heavy atom. The third-order valence-electron chi connectivity index (χ3n) is 1.53. The van der Waals surface area contributed by atoms with Gasteiger partial charge in [-0.15, -0.1) is 0 Å². The summed E-state index contributed by atoms with van der Waals surface area (Å²) < 4.78 is 142. The zero-order valence-corrected chi connectivity index (χ0v) is 9.14. The predicted octanol–water partition coefficient (Wildman–Crippen LogP) is 2.21. The highest BCUT2D eigenvalue weighted by molar-refractivity contribution is 7.87. The lowest BCUT2D eigenvalue weighted by molar-refractivity contribution is -0.424. The molecule has 0 rings (SSSR count). The van der Waals surface area contributed by atoms with Crippen molar-refractivity contribution in [2.45, 2.75) is 23.4 Å². The van der Waals surface area contributed by atoms with Crippen molar-refractivity contribution >= 4 is 16.3 Å². The zero-order chi connectivity index (χ0) is 16.8. The smallest absolute Gasteiger partial charge is 0.260 e. The monoisotopic (exact) mass is 346 g/mol. The third kappa shape index (κ3) is 2.97. The van der Waals surface area contributed by atoms with Gasteiger partial charge in [-0.25, -0.2) is 0 Å². The molecule has 15 heteroatoms. The average Bonchev–Trinajstić information content (AvgIpc) is 2.12. The molecule has 0 unspecified atom stereocenters. The Morgan fingerprint density at radius 2 is 1.25 bits per heavy atom. The molecule has 0 saturated carbocycles. The quantitative estimate of drug-likeness (QED) is 0.566. The summed E-state index contributed by atoms with van der Waals surface area (Å²) in [7, 11) is -7.58. The predicted molar refractivity (Wildman–Crippen MR) is 37.0 cm³/mol. The lowest BCUT2D eigenvalue weighted by Crippen LogP contribution is -2.58. The molecule has 0 aliphatic rings. The normalized spacial score (nSPS) is 17.7. The van der Waals surface area contributed by atoms with Crippen LogP contribution in [-0.2, 0) is 19.8 Å². The minimum atomic E-state index is -7.58. The first kappa shape index (κ1) is 18.9. The molecule has 120 valence electrons. The molecule has 0 amide bonds. The van der Waals surface area contributed by atoms with Crippen molar-refractivity contribution < 1.29 is 61.3 Å². The van der Waals surface area contributed by atoms with Crippen LogP contribution in [0.2, 0.25) is 0 Å². The van der Waals surface area contributed by atoms with E-state index in [1.54, 1.807) is 4.74 Å². The van der Waals surface area contributed by atoms with Crippen molar-refractivity contribution in [2.24, 2.45) is 0 Å². The van der Waals surface area contributed by atoms with Crippen molar-refractivity contribution in [3.63, 3.8) is 0 Å². The SMILES string of the molecule is O=C(F)[C@](F)(OC(F)(F)C(F)(F)S(=O)(=O)F)C(F)(F)F. The second-order valence-electron chi connectivity index (χ2n) is 2.94. The van der Waals surface area contributed by atoms with Gasteiger partial charge in [0.1, 0.15) is 0 Å². The van der Waals surface area contributed by atoms with Gasteiger partial charge in [0.2, 0.25) is 0 Å². The van der Waals surface area contributed by atoms with E-state index in [4.69, 9.17) is 0 Å². The van der Waals surface area contributed by atoms with Crippen LogP contribution in [0.1, 0.15) is 0 Å². The minimum Gasteiger partial charge on any atom is -0.260 e. The second kappa shape index (κ2) is 4.71. The van der Waals surface area contributed by atoms with Crippen molar-refractivity contribution in [3.8, 4) is 0 Å². The number of carbonyl (C=O) groups is 1. The number of carbonyl (C=O) groups excluding carboxylic acids is 1. The van der Waals surface area contributed by atoms with Crippen molar-refractivity contribution in [2.75, 3.05) is 0 Å². The van der Waals surface area contributed by atoms with Gasteiger partial charge in [0, 0.05) is 0 Å². The van der Waals surface area contributed by atoms with Gasteiger partial charge in [-0.3, -0.25) is 9.53 Å². The van der Waals surface area contributed by atoms with Gasteiger partial charge >= 0.3 is 39.7 Å². The molecule has 0 radical (unpaired) electrons. The Bertz CT molecular complexity index is 494. The zero-order valence-electron chi connectivity index (χ0n) is 8.32. The molecule has 0 aliphatic carbocycles. The van der Waals surface area contributed by atoms with Gasteiger partial charge in [-0.1, -0.05) is 3.89 Å². The highest BCUT2D eigenvalue weighted by atomic mass is 32.3. The Hall–Kier alpha value is -1.12. The molecule has 0 aromatic rings. The van der Waals surface area contributed by atoms with E-state index in [1.165, 1.54) is 0 Å². The number of hydrogen-bond acceptors (Lipinski definition) is 4. The maximum atomic E-state index is 12.6. The molecule has 0 heterocycles. The van der Waals surface area contributed by atoms with E-state index in [1.807, 2.05) is 0 Å². The summed E-state index contributed by atoms with van der Waals surface area (Å²) in [6.07, 6.45) is -14.0. The van der Waals surface area contributed by atoms with Crippen LogP contribution in [0.3, 0.4) is 0 Å². The molecule has 1 atom stereocenters. The molecular weight excluding hydrogens is 346 g/mol. The molecule has 4 nitrogen and oxygen atoms in total. The fourth-order valence-corrected chi connectivity index (χ4v) is 0.913. The van der Waals surface area contributed by atoms with Gasteiger partial charge in [0.05, 0.1) is 0 Å². The van der Waals surface area contributed by atoms with Crippen molar-refractivity contribution in [1.29, 1.82) is 0 Å². The molecule has 0 aliphatic heterocycles. The fourth-order valence-electron chi connectivity index (χ4n) is 0.587. The molecule has 0 aromatic carbocycles. The van der Waals surface area contributed by atoms with Gasteiger partial charge in [-0.05, 0) is 0 Å². The summed E-state index contributed by atoms with van der Waals surface area (Å²) in [5.74, 6) is -6.62. The summed E-state index contributed by atoms with van der Waals surface area (Å²) in [5, 5.41) is -7.02. The number of rotatable bonds is 5. The summed E-state index contributed by atoms with van der Waals surface area (Å²) >= 11 is 0. The van der Waals surface area contributed by atoms with Gasteiger partial charge in [-0.2, -0.15) is 47.9 Å². The lowest BCUT2D eigenvalue weighted by Gasteiger charge is -2.30. The molecule has 0 N–H and O–H groups in total. The Labute approximate surface area is 102 Å². The summed E-state index contributed by atoms with van der Waals surface area (Å²) in [4.78, 5) is 9.66. The minimum absolute atomic E-state index is 1.62. The fraction of sp³-hybridized carbons (Fsp3) is 0.800. The van der Waals surface area contributed by atoms with E-state index >= 15 is 0 Å². The summed E-state index contributed by atoms with van der Waals surface area (Å²) in [5.41, 5.74) is 0. The Balaban J connectivity index is 5.86. The number of hydrogen-bond donors (Lipinski definition) is 0. The maximum Gasteiger partial charge on any atom is 0.464 e. The average molecular weight is 346 g/mol. The van der Waals surface area contributed by atoms with Crippen LogP contribution in [0, 0.1) is 0 Å². The molecule has 0 saturated heterocycles. The van der Waals surface area contributed by atoms with Crippen LogP contribution in [-0.4, -0.2) is 37.8 Å². The lowest BCUT2D eigenvalue weighted by atomic mass is 10.3. The Kier molecular flexibility index (Phi) is 4.45. The molecule has 20 heavy (non-hydrogen) atoms. The first-order valence-electron chi connectivity index (χ1n) is 3.75. The third-order valence-corrected chi connectivity index (χ3v) is 2.38. The first-order chi connectivity index (χ1) is 8.40. The first-order valence-corrected chi connectivity index (χ1v) is 5.14. The molecule has 0 spiro atoms. The highest BCUT2D eigenvalue weighted by Crippen LogP contribution is 2.47. The standard InChI is InChI=1S/C5F10O4S/c6-1(16)2(7,3(8,9)10)19-4(11,12)5(13,14)20(15,17)18/t2-/m0/s1. The summed E-state index contributed by atoms with van der Waals surface area (Å²) in [6.45, 7) is 0.